The van der Waals surface area contributed by atoms with E-state index in [2.05, 4.69) is 21.2 Å². The highest BCUT2D eigenvalue weighted by Crippen LogP contribution is 2.27. The van der Waals surface area contributed by atoms with Crippen LogP contribution in [0.25, 0.3) is 0 Å². The number of hydrogen-bond donors (Lipinski definition) is 1. The van der Waals surface area contributed by atoms with Gasteiger partial charge in [-0.05, 0) is 61.9 Å². The van der Waals surface area contributed by atoms with Crippen LogP contribution >= 0.6 is 15.9 Å². The van der Waals surface area contributed by atoms with Crippen LogP contribution in [0.2, 0.25) is 0 Å². The van der Waals surface area contributed by atoms with Crippen molar-refractivity contribution in [2.75, 3.05) is 24.5 Å². The van der Waals surface area contributed by atoms with Crippen molar-refractivity contribution < 1.29 is 22.7 Å². The van der Waals surface area contributed by atoms with Crippen LogP contribution < -0.4 is 14.4 Å². The summed E-state index contributed by atoms with van der Waals surface area (Å²) in [7, 11) is -2.55. The lowest BCUT2D eigenvalue weighted by Crippen LogP contribution is -2.51. The number of hydrogen-bond acceptors (Lipinski definition) is 5. The van der Waals surface area contributed by atoms with E-state index in [1.165, 1.54) is 17.0 Å². The summed E-state index contributed by atoms with van der Waals surface area (Å²) in [5, 5.41) is 2.74. The molecule has 2 amide bonds. The smallest absolute Gasteiger partial charge is 0.264 e. The zero-order chi connectivity index (χ0) is 27.0. The van der Waals surface area contributed by atoms with Gasteiger partial charge in [0.1, 0.15) is 18.3 Å². The number of benzene rings is 3. The lowest BCUT2D eigenvalue weighted by molar-refractivity contribution is -0.139. The molecule has 0 unspecified atom stereocenters. The highest BCUT2D eigenvalue weighted by atomic mass is 79.9. The number of ether oxygens (including phenoxy) is 1. The molecule has 196 valence electrons. The minimum absolute atomic E-state index is 0.0545. The molecule has 1 atom stereocenters. The Morgan fingerprint density at radius 3 is 2.35 bits per heavy atom. The largest absolute Gasteiger partial charge is 0.497 e. The van der Waals surface area contributed by atoms with Gasteiger partial charge in [0.15, 0.2) is 0 Å². The average molecular weight is 589 g/mol. The first-order chi connectivity index (χ1) is 17.7. The number of likely N-dealkylation sites (N-methyl/N-ethyl adjacent to an activating group) is 1. The molecule has 37 heavy (non-hydrogen) atoms. The van der Waals surface area contributed by atoms with Crippen LogP contribution in [0, 0.1) is 0 Å². The lowest BCUT2D eigenvalue weighted by atomic mass is 10.1. The summed E-state index contributed by atoms with van der Waals surface area (Å²) in [6.07, 6.45) is 0. The van der Waals surface area contributed by atoms with E-state index in [4.69, 9.17) is 4.74 Å². The second-order valence-electron chi connectivity index (χ2n) is 8.25. The summed E-state index contributed by atoms with van der Waals surface area (Å²) < 4.78 is 34.4. The number of carbonyl (C=O) groups is 2. The number of nitrogens with one attached hydrogen (secondary N) is 1. The first kappa shape index (κ1) is 28.2. The molecule has 0 aromatic heterocycles. The molecule has 3 rings (SSSR count). The van der Waals surface area contributed by atoms with E-state index in [0.29, 0.717) is 22.5 Å². The van der Waals surface area contributed by atoms with Gasteiger partial charge in [-0.25, -0.2) is 8.42 Å². The minimum atomic E-state index is -4.09. The molecule has 0 aliphatic carbocycles. The molecule has 8 nitrogen and oxygen atoms in total. The molecule has 0 aliphatic heterocycles. The van der Waals surface area contributed by atoms with E-state index in [0.717, 1.165) is 9.87 Å². The molecular formula is C27H30BrN3O5S. The maximum Gasteiger partial charge on any atom is 0.264 e. The Hall–Kier alpha value is -3.37. The van der Waals surface area contributed by atoms with E-state index in [1.807, 2.05) is 6.07 Å². The zero-order valence-electron chi connectivity index (χ0n) is 20.9. The number of methoxy groups -OCH3 is 1. The molecule has 3 aromatic carbocycles. The van der Waals surface area contributed by atoms with Gasteiger partial charge in [0.05, 0.1) is 17.7 Å². The number of carbonyl (C=O) groups excluding carboxylic acids is 2. The van der Waals surface area contributed by atoms with Crippen molar-refractivity contribution in [2.24, 2.45) is 0 Å². The molecule has 0 fully saturated rings. The Balaban J connectivity index is 2.02. The maximum absolute atomic E-state index is 13.8. The molecule has 3 aromatic rings. The monoisotopic (exact) mass is 587 g/mol. The Bertz CT molecular complexity index is 1330. The maximum atomic E-state index is 13.8. The highest BCUT2D eigenvalue weighted by Gasteiger charge is 2.32. The fourth-order valence-corrected chi connectivity index (χ4v) is 5.57. The van der Waals surface area contributed by atoms with Gasteiger partial charge in [0.2, 0.25) is 11.8 Å². The molecule has 0 saturated heterocycles. The van der Waals surface area contributed by atoms with Crippen molar-refractivity contribution in [1.82, 2.24) is 10.2 Å². The van der Waals surface area contributed by atoms with Crippen LogP contribution in [0.5, 0.6) is 5.75 Å². The third kappa shape index (κ3) is 7.11. The highest BCUT2D eigenvalue weighted by molar-refractivity contribution is 9.10. The zero-order valence-corrected chi connectivity index (χ0v) is 23.3. The van der Waals surface area contributed by atoms with E-state index in [-0.39, 0.29) is 17.3 Å². The first-order valence-corrected chi connectivity index (χ1v) is 13.9. The molecule has 10 heteroatoms. The van der Waals surface area contributed by atoms with Gasteiger partial charge in [0.25, 0.3) is 10.0 Å². The fraction of sp³-hybridized carbons (Fsp3) is 0.259. The van der Waals surface area contributed by atoms with Crippen LogP contribution in [-0.4, -0.2) is 51.4 Å². The third-order valence-electron chi connectivity index (χ3n) is 5.71. The second-order valence-corrected chi connectivity index (χ2v) is 11.0. The van der Waals surface area contributed by atoms with E-state index in [9.17, 15) is 18.0 Å². The molecule has 0 bridgehead atoms. The Morgan fingerprint density at radius 1 is 1.00 bits per heavy atom. The van der Waals surface area contributed by atoms with E-state index < -0.39 is 28.5 Å². The fourth-order valence-electron chi connectivity index (χ4n) is 3.75. The van der Waals surface area contributed by atoms with Gasteiger partial charge in [-0.3, -0.25) is 13.9 Å². The Morgan fingerprint density at radius 2 is 1.70 bits per heavy atom. The van der Waals surface area contributed by atoms with Gasteiger partial charge >= 0.3 is 0 Å². The van der Waals surface area contributed by atoms with Gasteiger partial charge in [-0.15, -0.1) is 0 Å². The van der Waals surface area contributed by atoms with Gasteiger partial charge in [-0.1, -0.05) is 52.3 Å². The summed E-state index contributed by atoms with van der Waals surface area (Å²) in [4.78, 5) is 28.0. The number of halogens is 1. The number of amides is 2. The molecule has 0 spiro atoms. The topological polar surface area (TPSA) is 96.0 Å². The second kappa shape index (κ2) is 12.7. The number of anilines is 1. The van der Waals surface area contributed by atoms with Crippen molar-refractivity contribution in [3.8, 4) is 5.75 Å². The summed E-state index contributed by atoms with van der Waals surface area (Å²) in [5.74, 6) is -0.252. The van der Waals surface area contributed by atoms with Gasteiger partial charge in [-0.2, -0.15) is 0 Å². The predicted molar refractivity (Wildman–Crippen MR) is 147 cm³/mol. The molecule has 1 N–H and O–H groups in total. The van der Waals surface area contributed by atoms with Crippen LogP contribution in [0.4, 0.5) is 5.69 Å². The summed E-state index contributed by atoms with van der Waals surface area (Å²) in [6, 6.07) is 21.0. The van der Waals surface area contributed by atoms with Crippen LogP contribution in [0.1, 0.15) is 19.4 Å². The molecular weight excluding hydrogens is 558 g/mol. The summed E-state index contributed by atoms with van der Waals surface area (Å²) >= 11 is 3.38. The van der Waals surface area contributed by atoms with Crippen LogP contribution in [-0.2, 0) is 26.2 Å². The molecule has 0 radical (unpaired) electrons. The van der Waals surface area contributed by atoms with Crippen LogP contribution in [0.15, 0.2) is 88.2 Å². The van der Waals surface area contributed by atoms with Crippen molar-refractivity contribution in [1.29, 1.82) is 0 Å². The van der Waals surface area contributed by atoms with Gasteiger partial charge < -0.3 is 15.0 Å². The normalized spacial score (nSPS) is 11.9. The van der Waals surface area contributed by atoms with Crippen LogP contribution in [0.3, 0.4) is 0 Å². The standard InChI is InChI=1S/C27H30BrN3O5S/c1-4-29-27(33)20(2)30(18-21-10-8-13-24(16-21)36-3)26(32)19-31(23-12-9-11-22(28)17-23)37(34,35)25-14-6-5-7-15-25/h5-17,20H,4,18-19H2,1-3H3,(H,29,33)/t20-/m0/s1. The van der Waals surface area contributed by atoms with E-state index >= 15 is 0 Å². The van der Waals surface area contributed by atoms with Crippen molar-refractivity contribution in [2.45, 2.75) is 31.3 Å². The van der Waals surface area contributed by atoms with Crippen molar-refractivity contribution in [3.05, 3.63) is 88.9 Å². The SMILES string of the molecule is CCNC(=O)[C@H](C)N(Cc1cccc(OC)c1)C(=O)CN(c1cccc(Br)c1)S(=O)(=O)c1ccccc1. The summed E-state index contributed by atoms with van der Waals surface area (Å²) in [6.45, 7) is 3.41. The first-order valence-electron chi connectivity index (χ1n) is 11.7. The molecule has 0 saturated carbocycles. The molecule has 0 heterocycles. The number of sulfonamides is 1. The number of rotatable bonds is 11. The van der Waals surface area contributed by atoms with Crippen molar-refractivity contribution in [3.63, 3.8) is 0 Å². The molecule has 0 aliphatic rings. The van der Waals surface area contributed by atoms with Crippen molar-refractivity contribution >= 4 is 43.5 Å². The average Bonchev–Trinajstić information content (AvgIpc) is 2.90. The summed E-state index contributed by atoms with van der Waals surface area (Å²) in [5.41, 5.74) is 1.06. The predicted octanol–water partition coefficient (Wildman–Crippen LogP) is 4.21. The Kier molecular flexibility index (Phi) is 9.71. The quantitative estimate of drug-likeness (QED) is 0.362. The lowest BCUT2D eigenvalue weighted by Gasteiger charge is -2.32. The number of nitrogens with zero attached hydrogens (tertiary/aromatic N) is 2. The van der Waals surface area contributed by atoms with E-state index in [1.54, 1.807) is 81.6 Å². The minimum Gasteiger partial charge on any atom is -0.497 e. The Labute approximate surface area is 226 Å². The van der Waals surface area contributed by atoms with Gasteiger partial charge in [0, 0.05) is 17.6 Å². The third-order valence-corrected chi connectivity index (χ3v) is 7.99.